The Morgan fingerprint density at radius 1 is 0.867 bits per heavy atom. The number of nitrogens with one attached hydrogen (secondary N) is 1. The molecule has 0 unspecified atom stereocenters. The maximum absolute atomic E-state index is 3.89. The Morgan fingerprint density at radius 3 is 2.60 bits per heavy atom. The highest BCUT2D eigenvalue weighted by molar-refractivity contribution is 5.05. The Labute approximate surface area is 93.0 Å². The molecule has 84 valence electrons. The Balaban J connectivity index is 1.41. The van der Waals surface area contributed by atoms with Crippen molar-refractivity contribution in [2.45, 2.75) is 51.0 Å². The number of rotatable bonds is 3. The van der Waals surface area contributed by atoms with Gasteiger partial charge in [0.1, 0.15) is 0 Å². The Kier molecular flexibility index (Phi) is 1.94. The lowest BCUT2D eigenvalue weighted by atomic mass is 9.79. The van der Waals surface area contributed by atoms with Crippen molar-refractivity contribution in [3.05, 3.63) is 0 Å². The lowest BCUT2D eigenvalue weighted by molar-refractivity contribution is 0.208. The summed E-state index contributed by atoms with van der Waals surface area (Å²) in [6.07, 6.45) is 10.8. The van der Waals surface area contributed by atoms with Crippen LogP contribution in [0.3, 0.4) is 0 Å². The molecule has 0 aromatic heterocycles. The van der Waals surface area contributed by atoms with Crippen LogP contribution in [0.5, 0.6) is 0 Å². The van der Waals surface area contributed by atoms with E-state index in [-0.39, 0.29) is 0 Å². The van der Waals surface area contributed by atoms with Gasteiger partial charge in [0, 0.05) is 6.04 Å². The summed E-state index contributed by atoms with van der Waals surface area (Å²) in [5.41, 5.74) is 0. The van der Waals surface area contributed by atoms with Crippen molar-refractivity contribution in [2.24, 2.45) is 29.6 Å². The van der Waals surface area contributed by atoms with Crippen molar-refractivity contribution in [3.8, 4) is 0 Å². The van der Waals surface area contributed by atoms with Crippen molar-refractivity contribution < 1.29 is 0 Å². The van der Waals surface area contributed by atoms with Gasteiger partial charge in [-0.25, -0.2) is 0 Å². The van der Waals surface area contributed by atoms with Crippen molar-refractivity contribution >= 4 is 0 Å². The third kappa shape index (κ3) is 1.39. The Hall–Kier alpha value is -0.0400. The zero-order valence-electron chi connectivity index (χ0n) is 9.62. The van der Waals surface area contributed by atoms with Crippen LogP contribution < -0.4 is 5.32 Å². The lowest BCUT2D eigenvalue weighted by Gasteiger charge is -2.32. The molecular weight excluding hydrogens is 182 g/mol. The molecule has 4 saturated carbocycles. The van der Waals surface area contributed by atoms with Crippen LogP contribution in [-0.4, -0.2) is 12.6 Å². The number of hydrogen-bond acceptors (Lipinski definition) is 1. The van der Waals surface area contributed by atoms with Crippen molar-refractivity contribution in [1.82, 2.24) is 5.32 Å². The van der Waals surface area contributed by atoms with E-state index in [0.717, 1.165) is 35.6 Å². The predicted octanol–water partition coefficient (Wildman–Crippen LogP) is 2.81. The fourth-order valence-electron chi connectivity index (χ4n) is 4.94. The van der Waals surface area contributed by atoms with Crippen LogP contribution in [0.2, 0.25) is 0 Å². The molecule has 0 aromatic rings. The van der Waals surface area contributed by atoms with Gasteiger partial charge in [-0.2, -0.15) is 0 Å². The topological polar surface area (TPSA) is 12.0 Å². The molecule has 1 nitrogen and oxygen atoms in total. The summed E-state index contributed by atoms with van der Waals surface area (Å²) in [5.74, 6) is 5.57. The summed E-state index contributed by atoms with van der Waals surface area (Å²) in [7, 11) is 0. The SMILES string of the molecule is C1C[C@@H]2[C@H](C1)[C@@H]1C[C@@H]2[C@@H](NCC2CC2)C1. The first-order valence-corrected chi connectivity index (χ1v) is 7.15. The normalized spacial score (nSPS) is 52.4. The summed E-state index contributed by atoms with van der Waals surface area (Å²) in [6.45, 7) is 1.34. The zero-order chi connectivity index (χ0) is 9.83. The van der Waals surface area contributed by atoms with Crippen LogP contribution in [0, 0.1) is 29.6 Å². The summed E-state index contributed by atoms with van der Waals surface area (Å²) < 4.78 is 0. The second-order valence-corrected chi connectivity index (χ2v) is 6.61. The first kappa shape index (κ1) is 9.04. The fraction of sp³-hybridized carbons (Fsp3) is 1.00. The molecule has 4 aliphatic rings. The van der Waals surface area contributed by atoms with E-state index in [9.17, 15) is 0 Å². The standard InChI is InChI=1S/C14H23N/c1-2-11-10-6-13(12(11)3-1)14(7-10)15-8-9-4-5-9/h9-15H,1-8H2/t10-,11-,12-,13+,14+/m1/s1. The first-order chi connectivity index (χ1) is 7.42. The van der Waals surface area contributed by atoms with Crippen LogP contribution in [0.15, 0.2) is 0 Å². The van der Waals surface area contributed by atoms with Gasteiger partial charge in [-0.1, -0.05) is 6.42 Å². The quantitative estimate of drug-likeness (QED) is 0.747. The van der Waals surface area contributed by atoms with Gasteiger partial charge in [0.15, 0.2) is 0 Å². The minimum atomic E-state index is 0.926. The number of hydrogen-bond donors (Lipinski definition) is 1. The largest absolute Gasteiger partial charge is 0.313 e. The zero-order valence-corrected chi connectivity index (χ0v) is 9.62. The van der Waals surface area contributed by atoms with E-state index < -0.39 is 0 Å². The average molecular weight is 205 g/mol. The van der Waals surface area contributed by atoms with Crippen LogP contribution in [0.4, 0.5) is 0 Å². The van der Waals surface area contributed by atoms with E-state index in [4.69, 9.17) is 0 Å². The van der Waals surface area contributed by atoms with Gasteiger partial charge in [-0.05, 0) is 74.7 Å². The third-order valence-electron chi connectivity index (χ3n) is 5.79. The summed E-state index contributed by atoms with van der Waals surface area (Å²) in [6, 6.07) is 0.926. The molecular formula is C14H23N. The molecule has 4 fully saturated rings. The summed E-state index contributed by atoms with van der Waals surface area (Å²) >= 11 is 0. The van der Waals surface area contributed by atoms with Crippen molar-refractivity contribution in [1.29, 1.82) is 0 Å². The second-order valence-electron chi connectivity index (χ2n) is 6.61. The monoisotopic (exact) mass is 205 g/mol. The summed E-state index contributed by atoms with van der Waals surface area (Å²) in [4.78, 5) is 0. The molecule has 2 bridgehead atoms. The molecule has 4 aliphatic carbocycles. The highest BCUT2D eigenvalue weighted by atomic mass is 15.0. The molecule has 0 aliphatic heterocycles. The van der Waals surface area contributed by atoms with Crippen LogP contribution in [0.1, 0.15) is 44.9 Å². The lowest BCUT2D eigenvalue weighted by Crippen LogP contribution is -2.40. The molecule has 15 heavy (non-hydrogen) atoms. The molecule has 1 heteroatoms. The minimum Gasteiger partial charge on any atom is -0.313 e. The number of fused-ring (bicyclic) bond motifs is 5. The van der Waals surface area contributed by atoms with Crippen LogP contribution in [0.25, 0.3) is 0 Å². The van der Waals surface area contributed by atoms with Gasteiger partial charge in [-0.3, -0.25) is 0 Å². The predicted molar refractivity (Wildman–Crippen MR) is 61.6 cm³/mol. The molecule has 0 radical (unpaired) electrons. The maximum atomic E-state index is 3.89. The van der Waals surface area contributed by atoms with Gasteiger partial charge < -0.3 is 5.32 Å². The van der Waals surface area contributed by atoms with Crippen molar-refractivity contribution in [3.63, 3.8) is 0 Å². The maximum Gasteiger partial charge on any atom is 0.0101 e. The molecule has 0 heterocycles. The fourth-order valence-corrected chi connectivity index (χ4v) is 4.94. The van der Waals surface area contributed by atoms with E-state index in [1.54, 1.807) is 19.3 Å². The van der Waals surface area contributed by atoms with Gasteiger partial charge in [0.2, 0.25) is 0 Å². The van der Waals surface area contributed by atoms with E-state index in [1.165, 1.54) is 32.2 Å². The molecule has 5 atom stereocenters. The van der Waals surface area contributed by atoms with Gasteiger partial charge >= 0.3 is 0 Å². The van der Waals surface area contributed by atoms with E-state index >= 15 is 0 Å². The molecule has 0 saturated heterocycles. The first-order valence-electron chi connectivity index (χ1n) is 7.15. The van der Waals surface area contributed by atoms with Gasteiger partial charge in [0.05, 0.1) is 0 Å². The molecule has 0 spiro atoms. The van der Waals surface area contributed by atoms with Gasteiger partial charge in [-0.15, -0.1) is 0 Å². The molecule has 4 rings (SSSR count). The molecule has 0 aromatic carbocycles. The highest BCUT2D eigenvalue weighted by Gasteiger charge is 2.53. The third-order valence-corrected chi connectivity index (χ3v) is 5.79. The molecule has 0 amide bonds. The minimum absolute atomic E-state index is 0.926. The second kappa shape index (κ2) is 3.23. The highest BCUT2D eigenvalue weighted by Crippen LogP contribution is 2.58. The van der Waals surface area contributed by atoms with E-state index in [1.807, 2.05) is 0 Å². The Bertz CT molecular complexity index is 258. The smallest absolute Gasteiger partial charge is 0.0101 e. The van der Waals surface area contributed by atoms with E-state index in [2.05, 4.69) is 5.32 Å². The Morgan fingerprint density at radius 2 is 1.73 bits per heavy atom. The average Bonchev–Trinajstić information content (AvgIpc) is 2.72. The van der Waals surface area contributed by atoms with Crippen LogP contribution in [-0.2, 0) is 0 Å². The van der Waals surface area contributed by atoms with Crippen molar-refractivity contribution in [2.75, 3.05) is 6.54 Å². The molecule has 1 N–H and O–H groups in total. The van der Waals surface area contributed by atoms with E-state index in [0.29, 0.717) is 0 Å². The summed E-state index contributed by atoms with van der Waals surface area (Å²) in [5, 5.41) is 3.89. The van der Waals surface area contributed by atoms with Crippen LogP contribution >= 0.6 is 0 Å². The van der Waals surface area contributed by atoms with Gasteiger partial charge in [0.25, 0.3) is 0 Å².